The van der Waals surface area contributed by atoms with Gasteiger partial charge in [-0.25, -0.2) is 0 Å². The Balaban J connectivity index is 2.16. The molecule has 0 heteroatoms. The van der Waals surface area contributed by atoms with E-state index < -0.39 is 0 Å². The summed E-state index contributed by atoms with van der Waals surface area (Å²) in [6.07, 6.45) is 8.65. The molecule has 0 spiro atoms. The molecule has 1 saturated carbocycles. The van der Waals surface area contributed by atoms with Crippen molar-refractivity contribution in [1.82, 2.24) is 0 Å². The molecule has 0 heterocycles. The maximum absolute atomic E-state index is 2.47. The monoisotopic (exact) mass is 196 g/mol. The normalized spacial score (nSPS) is 33.9. The van der Waals surface area contributed by atoms with Gasteiger partial charge in [-0.05, 0) is 30.1 Å². The molecule has 0 aliphatic heterocycles. The van der Waals surface area contributed by atoms with Gasteiger partial charge in [-0.2, -0.15) is 0 Å². The first kappa shape index (κ1) is 12.1. The molecule has 0 N–H and O–H groups in total. The lowest BCUT2D eigenvalue weighted by Gasteiger charge is -2.46. The van der Waals surface area contributed by atoms with Crippen molar-refractivity contribution in [1.29, 1.82) is 0 Å². The predicted octanol–water partition coefficient (Wildman–Crippen LogP) is 4.89. The van der Waals surface area contributed by atoms with Crippen molar-refractivity contribution in [2.24, 2.45) is 23.7 Å². The van der Waals surface area contributed by atoms with Gasteiger partial charge in [0.15, 0.2) is 0 Å². The Labute approximate surface area is 90.5 Å². The maximum Gasteiger partial charge on any atom is -0.0357 e. The summed E-state index contributed by atoms with van der Waals surface area (Å²) in [5, 5.41) is 0. The third-order valence-corrected chi connectivity index (χ3v) is 4.51. The van der Waals surface area contributed by atoms with Crippen molar-refractivity contribution in [2.45, 2.75) is 66.2 Å². The lowest BCUT2D eigenvalue weighted by molar-refractivity contribution is 0.0362. The molecule has 0 aromatic carbocycles. The number of rotatable bonds is 6. The van der Waals surface area contributed by atoms with Crippen LogP contribution in [0.4, 0.5) is 0 Å². The molecule has 84 valence electrons. The van der Waals surface area contributed by atoms with Crippen LogP contribution >= 0.6 is 0 Å². The molecule has 0 amide bonds. The summed E-state index contributed by atoms with van der Waals surface area (Å²) in [5.41, 5.74) is 0. The van der Waals surface area contributed by atoms with Crippen molar-refractivity contribution in [3.05, 3.63) is 0 Å². The molecule has 0 aromatic heterocycles. The van der Waals surface area contributed by atoms with Crippen LogP contribution in [0.25, 0.3) is 0 Å². The molecule has 0 saturated heterocycles. The summed E-state index contributed by atoms with van der Waals surface area (Å²) in [5.74, 6) is 4.10. The van der Waals surface area contributed by atoms with Gasteiger partial charge < -0.3 is 0 Å². The van der Waals surface area contributed by atoms with E-state index in [4.69, 9.17) is 0 Å². The van der Waals surface area contributed by atoms with E-state index in [1.165, 1.54) is 38.5 Å². The fourth-order valence-corrected chi connectivity index (χ4v) is 3.15. The summed E-state index contributed by atoms with van der Waals surface area (Å²) in [4.78, 5) is 0. The average Bonchev–Trinajstić information content (AvgIpc) is 2.17. The molecule has 4 unspecified atom stereocenters. The molecule has 1 rings (SSSR count). The second-order valence-electron chi connectivity index (χ2n) is 5.40. The largest absolute Gasteiger partial charge is 0.0654 e. The van der Waals surface area contributed by atoms with Gasteiger partial charge in [0, 0.05) is 0 Å². The van der Waals surface area contributed by atoms with Gasteiger partial charge >= 0.3 is 0 Å². The quantitative estimate of drug-likeness (QED) is 0.531. The summed E-state index contributed by atoms with van der Waals surface area (Å²) in [7, 11) is 0. The summed E-state index contributed by atoms with van der Waals surface area (Å²) < 4.78 is 0. The van der Waals surface area contributed by atoms with Crippen LogP contribution in [0.1, 0.15) is 66.2 Å². The molecule has 0 radical (unpaired) electrons. The first-order valence-electron chi connectivity index (χ1n) is 6.70. The molecule has 0 nitrogen and oxygen atoms in total. The van der Waals surface area contributed by atoms with E-state index in [0.717, 1.165) is 23.7 Å². The van der Waals surface area contributed by atoms with E-state index in [-0.39, 0.29) is 0 Å². The first-order valence-corrected chi connectivity index (χ1v) is 6.70. The highest BCUT2D eigenvalue weighted by Crippen LogP contribution is 2.47. The van der Waals surface area contributed by atoms with Crippen molar-refractivity contribution in [3.63, 3.8) is 0 Å². The Kier molecular flexibility index (Phi) is 4.98. The van der Waals surface area contributed by atoms with Gasteiger partial charge in [0.05, 0.1) is 0 Å². The standard InChI is InChI=1S/C14H28/c1-5-7-8-9-11(3)14-10-13(6-2)12(14)4/h11-14H,5-10H2,1-4H3. The van der Waals surface area contributed by atoms with Crippen LogP contribution in [0, 0.1) is 23.7 Å². The number of hydrogen-bond acceptors (Lipinski definition) is 0. The van der Waals surface area contributed by atoms with Crippen LogP contribution in [0.2, 0.25) is 0 Å². The van der Waals surface area contributed by atoms with Gasteiger partial charge in [-0.3, -0.25) is 0 Å². The van der Waals surface area contributed by atoms with E-state index in [2.05, 4.69) is 27.7 Å². The smallest absolute Gasteiger partial charge is 0.0357 e. The van der Waals surface area contributed by atoms with Gasteiger partial charge in [-0.15, -0.1) is 0 Å². The van der Waals surface area contributed by atoms with Crippen LogP contribution in [0.3, 0.4) is 0 Å². The summed E-state index contributed by atoms with van der Waals surface area (Å²) in [6.45, 7) is 9.59. The van der Waals surface area contributed by atoms with E-state index in [1.807, 2.05) is 0 Å². The highest BCUT2D eigenvalue weighted by Gasteiger charge is 2.38. The zero-order valence-electron chi connectivity index (χ0n) is 10.6. The molecular weight excluding hydrogens is 168 g/mol. The van der Waals surface area contributed by atoms with Gasteiger partial charge in [0.1, 0.15) is 0 Å². The number of hydrogen-bond donors (Lipinski definition) is 0. The van der Waals surface area contributed by atoms with Crippen molar-refractivity contribution >= 4 is 0 Å². The van der Waals surface area contributed by atoms with Crippen LogP contribution in [-0.4, -0.2) is 0 Å². The Morgan fingerprint density at radius 1 is 1.21 bits per heavy atom. The highest BCUT2D eigenvalue weighted by molar-refractivity contribution is 4.88. The SMILES string of the molecule is CCCCCC(C)C1CC(CC)C1C. The molecule has 1 fully saturated rings. The molecule has 1 aliphatic carbocycles. The van der Waals surface area contributed by atoms with E-state index >= 15 is 0 Å². The molecule has 14 heavy (non-hydrogen) atoms. The minimum absolute atomic E-state index is 0.986. The minimum Gasteiger partial charge on any atom is -0.0654 e. The zero-order chi connectivity index (χ0) is 10.6. The van der Waals surface area contributed by atoms with Crippen LogP contribution in [0.5, 0.6) is 0 Å². The Hall–Kier alpha value is 0. The van der Waals surface area contributed by atoms with Crippen molar-refractivity contribution in [2.75, 3.05) is 0 Å². The van der Waals surface area contributed by atoms with Crippen LogP contribution in [-0.2, 0) is 0 Å². The second kappa shape index (κ2) is 5.78. The van der Waals surface area contributed by atoms with Crippen LogP contribution < -0.4 is 0 Å². The van der Waals surface area contributed by atoms with E-state index in [1.54, 1.807) is 0 Å². The lowest BCUT2D eigenvalue weighted by atomic mass is 9.59. The fourth-order valence-electron chi connectivity index (χ4n) is 3.15. The topological polar surface area (TPSA) is 0 Å². The maximum atomic E-state index is 2.47. The average molecular weight is 196 g/mol. The van der Waals surface area contributed by atoms with E-state index in [9.17, 15) is 0 Å². The molecule has 0 bridgehead atoms. The molecule has 4 atom stereocenters. The van der Waals surface area contributed by atoms with Crippen molar-refractivity contribution < 1.29 is 0 Å². The second-order valence-corrected chi connectivity index (χ2v) is 5.40. The minimum atomic E-state index is 0.986. The highest BCUT2D eigenvalue weighted by atomic mass is 14.4. The fraction of sp³-hybridized carbons (Fsp3) is 1.00. The number of unbranched alkanes of at least 4 members (excludes halogenated alkanes) is 2. The Morgan fingerprint density at radius 3 is 2.43 bits per heavy atom. The summed E-state index contributed by atoms with van der Waals surface area (Å²) in [6, 6.07) is 0. The Morgan fingerprint density at radius 2 is 1.93 bits per heavy atom. The molecule has 0 aromatic rings. The van der Waals surface area contributed by atoms with E-state index in [0.29, 0.717) is 0 Å². The summed E-state index contributed by atoms with van der Waals surface area (Å²) >= 11 is 0. The van der Waals surface area contributed by atoms with Gasteiger partial charge in [0.2, 0.25) is 0 Å². The lowest BCUT2D eigenvalue weighted by Crippen LogP contribution is -2.38. The molecule has 1 aliphatic rings. The first-order chi connectivity index (χ1) is 6.70. The van der Waals surface area contributed by atoms with Gasteiger partial charge in [-0.1, -0.05) is 59.8 Å². The van der Waals surface area contributed by atoms with Crippen LogP contribution in [0.15, 0.2) is 0 Å². The third-order valence-electron chi connectivity index (χ3n) is 4.51. The predicted molar refractivity (Wildman–Crippen MR) is 64.4 cm³/mol. The zero-order valence-corrected chi connectivity index (χ0v) is 10.6. The molecular formula is C14H28. The van der Waals surface area contributed by atoms with Gasteiger partial charge in [0.25, 0.3) is 0 Å². The third kappa shape index (κ3) is 2.74. The van der Waals surface area contributed by atoms with Crippen molar-refractivity contribution in [3.8, 4) is 0 Å². The Bertz CT molecular complexity index is 150.